The molecule has 1 aromatic carbocycles. The molecule has 2 heterocycles. The molecule has 0 bridgehead atoms. The highest BCUT2D eigenvalue weighted by molar-refractivity contribution is 6.04. The molecule has 3 rings (SSSR count). The lowest BCUT2D eigenvalue weighted by Gasteiger charge is -2.35. The minimum absolute atomic E-state index is 0.0118. The van der Waals surface area contributed by atoms with Crippen molar-refractivity contribution < 1.29 is 4.74 Å². The Labute approximate surface area is 162 Å². The number of nitrogens with one attached hydrogen (secondary N) is 1. The molecule has 0 saturated heterocycles. The fraction of sp³-hybridized carbons (Fsp3) is 0.571. The SMILES string of the molecule is CCCCC1Nc2c(N)nc3ccccc3c2N1CC(C)(C)COCCN. The van der Waals surface area contributed by atoms with Gasteiger partial charge in [-0.25, -0.2) is 4.98 Å². The van der Waals surface area contributed by atoms with E-state index in [0.29, 0.717) is 25.6 Å². The lowest BCUT2D eigenvalue weighted by Crippen LogP contribution is -2.43. The van der Waals surface area contributed by atoms with Crippen molar-refractivity contribution >= 4 is 28.1 Å². The van der Waals surface area contributed by atoms with Crippen molar-refractivity contribution in [2.75, 3.05) is 42.3 Å². The van der Waals surface area contributed by atoms with E-state index in [9.17, 15) is 0 Å². The highest BCUT2D eigenvalue weighted by Crippen LogP contribution is 2.45. The lowest BCUT2D eigenvalue weighted by molar-refractivity contribution is 0.0698. The van der Waals surface area contributed by atoms with Gasteiger partial charge < -0.3 is 26.4 Å². The number of para-hydroxylation sites is 1. The Balaban J connectivity index is 1.96. The number of aromatic nitrogens is 1. The molecule has 0 amide bonds. The van der Waals surface area contributed by atoms with E-state index in [2.05, 4.69) is 48.1 Å². The first-order chi connectivity index (χ1) is 13.0. The van der Waals surface area contributed by atoms with Crippen molar-refractivity contribution in [3.8, 4) is 0 Å². The molecule has 1 aliphatic heterocycles. The zero-order valence-electron chi connectivity index (χ0n) is 16.8. The maximum Gasteiger partial charge on any atom is 0.149 e. The minimum atomic E-state index is -0.0118. The van der Waals surface area contributed by atoms with Crippen LogP contribution in [0.25, 0.3) is 10.9 Å². The first kappa shape index (κ1) is 19.7. The summed E-state index contributed by atoms with van der Waals surface area (Å²) in [6, 6.07) is 8.23. The van der Waals surface area contributed by atoms with E-state index >= 15 is 0 Å². The number of fused-ring (bicyclic) bond motifs is 3. The summed E-state index contributed by atoms with van der Waals surface area (Å²) in [5.41, 5.74) is 15.0. The van der Waals surface area contributed by atoms with Crippen LogP contribution in [0.1, 0.15) is 40.0 Å². The predicted molar refractivity (Wildman–Crippen MR) is 114 cm³/mol. The van der Waals surface area contributed by atoms with Gasteiger partial charge in [0.15, 0.2) is 0 Å². The molecular formula is C21H33N5O. The van der Waals surface area contributed by atoms with Gasteiger partial charge in [0.2, 0.25) is 0 Å². The summed E-state index contributed by atoms with van der Waals surface area (Å²) in [5, 5.41) is 4.79. The molecular weight excluding hydrogens is 338 g/mol. The highest BCUT2D eigenvalue weighted by Gasteiger charge is 2.35. The Bertz CT molecular complexity index is 777. The fourth-order valence-electron chi connectivity index (χ4n) is 3.81. The number of rotatable bonds is 9. The van der Waals surface area contributed by atoms with Crippen molar-refractivity contribution in [2.45, 2.75) is 46.2 Å². The third-order valence-corrected chi connectivity index (χ3v) is 5.05. The van der Waals surface area contributed by atoms with Gasteiger partial charge in [-0.3, -0.25) is 0 Å². The van der Waals surface area contributed by atoms with E-state index in [-0.39, 0.29) is 11.6 Å². The lowest BCUT2D eigenvalue weighted by atomic mass is 9.93. The number of nitrogens with two attached hydrogens (primary N) is 2. The van der Waals surface area contributed by atoms with E-state index in [0.717, 1.165) is 36.0 Å². The van der Waals surface area contributed by atoms with Crippen LogP contribution >= 0.6 is 0 Å². The number of anilines is 3. The molecule has 1 aliphatic rings. The van der Waals surface area contributed by atoms with Gasteiger partial charge in [-0.1, -0.05) is 45.4 Å². The van der Waals surface area contributed by atoms with Crippen LogP contribution < -0.4 is 21.7 Å². The highest BCUT2D eigenvalue weighted by atomic mass is 16.5. The minimum Gasteiger partial charge on any atom is -0.382 e. The third kappa shape index (κ3) is 4.28. The van der Waals surface area contributed by atoms with Crippen LogP contribution in [-0.2, 0) is 4.74 Å². The van der Waals surface area contributed by atoms with Crippen molar-refractivity contribution in [2.24, 2.45) is 11.1 Å². The Morgan fingerprint density at radius 1 is 1.30 bits per heavy atom. The van der Waals surface area contributed by atoms with Gasteiger partial charge in [0.05, 0.1) is 30.6 Å². The van der Waals surface area contributed by atoms with Crippen LogP contribution in [0.2, 0.25) is 0 Å². The second kappa shape index (κ2) is 8.31. The number of hydrogen-bond donors (Lipinski definition) is 3. The summed E-state index contributed by atoms with van der Waals surface area (Å²) in [7, 11) is 0. The first-order valence-corrected chi connectivity index (χ1v) is 9.96. The average Bonchev–Trinajstić information content (AvgIpc) is 2.99. The monoisotopic (exact) mass is 371 g/mol. The normalized spacial score (nSPS) is 16.6. The van der Waals surface area contributed by atoms with Gasteiger partial charge in [0.25, 0.3) is 0 Å². The van der Waals surface area contributed by atoms with Crippen LogP contribution in [0.3, 0.4) is 0 Å². The second-order valence-corrected chi connectivity index (χ2v) is 8.17. The average molecular weight is 372 g/mol. The maximum atomic E-state index is 6.31. The number of unbranched alkanes of at least 4 members (excludes halogenated alkanes) is 1. The van der Waals surface area contributed by atoms with E-state index in [4.69, 9.17) is 16.2 Å². The van der Waals surface area contributed by atoms with Crippen LogP contribution in [0, 0.1) is 5.41 Å². The van der Waals surface area contributed by atoms with Crippen LogP contribution in [0.5, 0.6) is 0 Å². The van der Waals surface area contributed by atoms with Crippen LogP contribution in [0.15, 0.2) is 24.3 Å². The summed E-state index contributed by atoms with van der Waals surface area (Å²) in [6.07, 6.45) is 3.62. The molecule has 5 N–H and O–H groups in total. The molecule has 148 valence electrons. The van der Waals surface area contributed by atoms with Gasteiger partial charge in [-0.2, -0.15) is 0 Å². The molecule has 0 fully saturated rings. The Morgan fingerprint density at radius 2 is 2.07 bits per heavy atom. The summed E-state index contributed by atoms with van der Waals surface area (Å²) >= 11 is 0. The molecule has 0 spiro atoms. The summed E-state index contributed by atoms with van der Waals surface area (Å²) in [5.74, 6) is 0.574. The quantitative estimate of drug-likeness (QED) is 0.584. The molecule has 0 radical (unpaired) electrons. The molecule has 1 aromatic heterocycles. The van der Waals surface area contributed by atoms with Gasteiger partial charge in [0, 0.05) is 23.9 Å². The van der Waals surface area contributed by atoms with E-state index in [1.807, 2.05) is 12.1 Å². The molecule has 0 saturated carbocycles. The number of ether oxygens (including phenoxy) is 1. The van der Waals surface area contributed by atoms with Crippen LogP contribution in [-0.4, -0.2) is 37.5 Å². The van der Waals surface area contributed by atoms with Crippen molar-refractivity contribution in [1.29, 1.82) is 0 Å². The summed E-state index contributed by atoms with van der Waals surface area (Å²) in [4.78, 5) is 7.07. The van der Waals surface area contributed by atoms with Gasteiger partial charge in [-0.15, -0.1) is 0 Å². The van der Waals surface area contributed by atoms with Crippen LogP contribution in [0.4, 0.5) is 17.2 Å². The standard InChI is InChI=1S/C21H33N5O/c1-4-5-10-17-25-18-19(15-8-6-7-9-16(15)24-20(18)23)26(17)13-21(2,3)14-27-12-11-22/h6-9,17,25H,4-5,10-14,22H2,1-3H3,(H2,23,24). The van der Waals surface area contributed by atoms with Crippen molar-refractivity contribution in [3.63, 3.8) is 0 Å². The molecule has 1 unspecified atom stereocenters. The molecule has 1 atom stereocenters. The topological polar surface area (TPSA) is 89.4 Å². The van der Waals surface area contributed by atoms with Gasteiger partial charge >= 0.3 is 0 Å². The molecule has 2 aromatic rings. The Kier molecular flexibility index (Phi) is 6.07. The Hall–Kier alpha value is -2.05. The number of hydrogen-bond acceptors (Lipinski definition) is 6. The Morgan fingerprint density at radius 3 is 2.81 bits per heavy atom. The summed E-state index contributed by atoms with van der Waals surface area (Å²) < 4.78 is 5.76. The molecule has 6 nitrogen and oxygen atoms in total. The maximum absolute atomic E-state index is 6.31. The number of nitrogens with zero attached hydrogens (tertiary/aromatic N) is 2. The zero-order chi connectivity index (χ0) is 19.4. The third-order valence-electron chi connectivity index (χ3n) is 5.05. The van der Waals surface area contributed by atoms with Gasteiger partial charge in [-0.05, 0) is 18.9 Å². The number of nitrogen functional groups attached to an aromatic ring is 1. The zero-order valence-corrected chi connectivity index (χ0v) is 16.8. The van der Waals surface area contributed by atoms with E-state index < -0.39 is 0 Å². The van der Waals surface area contributed by atoms with Gasteiger partial charge in [0.1, 0.15) is 11.5 Å². The smallest absolute Gasteiger partial charge is 0.149 e. The second-order valence-electron chi connectivity index (χ2n) is 8.17. The van der Waals surface area contributed by atoms with Crippen molar-refractivity contribution in [3.05, 3.63) is 24.3 Å². The predicted octanol–water partition coefficient (Wildman–Crippen LogP) is 3.57. The van der Waals surface area contributed by atoms with E-state index in [1.165, 1.54) is 12.1 Å². The number of pyridine rings is 1. The molecule has 27 heavy (non-hydrogen) atoms. The largest absolute Gasteiger partial charge is 0.382 e. The van der Waals surface area contributed by atoms with E-state index in [1.54, 1.807) is 0 Å². The first-order valence-electron chi connectivity index (χ1n) is 9.96. The molecule has 6 heteroatoms. The van der Waals surface area contributed by atoms with Crippen molar-refractivity contribution in [1.82, 2.24) is 4.98 Å². The summed E-state index contributed by atoms with van der Waals surface area (Å²) in [6.45, 7) is 9.40. The number of benzene rings is 1. The molecule has 0 aliphatic carbocycles. The fourth-order valence-corrected chi connectivity index (χ4v) is 3.81.